The summed E-state index contributed by atoms with van der Waals surface area (Å²) in [6.45, 7) is 0.578. The highest BCUT2D eigenvalue weighted by Gasteiger charge is 2.29. The minimum absolute atomic E-state index is 0.245. The molecule has 1 saturated carbocycles. The number of hydrogen-bond acceptors (Lipinski definition) is 5. The standard InChI is InChI=1S/C11H13N3OS/c15-9(7-1-2-7)5-12-11-10-8(3-4-16-10)13-6-14-11/h3-4,6-7,9,15H,1-2,5H2,(H,12,13,14). The zero-order valence-electron chi connectivity index (χ0n) is 8.76. The van der Waals surface area contributed by atoms with Gasteiger partial charge in [-0.15, -0.1) is 11.3 Å². The Morgan fingerprint density at radius 3 is 3.19 bits per heavy atom. The number of aliphatic hydroxyl groups excluding tert-OH is 1. The van der Waals surface area contributed by atoms with Crippen LogP contribution in [0.2, 0.25) is 0 Å². The summed E-state index contributed by atoms with van der Waals surface area (Å²) in [6.07, 6.45) is 3.62. The van der Waals surface area contributed by atoms with Crippen LogP contribution >= 0.6 is 11.3 Å². The van der Waals surface area contributed by atoms with Crippen molar-refractivity contribution in [3.8, 4) is 0 Å². The van der Waals surface area contributed by atoms with E-state index >= 15 is 0 Å². The molecule has 0 spiro atoms. The molecular formula is C11H13N3OS. The van der Waals surface area contributed by atoms with Crippen molar-refractivity contribution in [1.82, 2.24) is 9.97 Å². The fourth-order valence-corrected chi connectivity index (χ4v) is 2.57. The van der Waals surface area contributed by atoms with Crippen LogP contribution in [0, 0.1) is 5.92 Å². The maximum atomic E-state index is 9.77. The molecule has 1 aliphatic rings. The first-order valence-electron chi connectivity index (χ1n) is 5.45. The molecule has 2 aromatic rings. The van der Waals surface area contributed by atoms with Gasteiger partial charge >= 0.3 is 0 Å². The van der Waals surface area contributed by atoms with Crippen LogP contribution in [0.3, 0.4) is 0 Å². The fraction of sp³-hybridized carbons (Fsp3) is 0.455. The number of nitrogens with one attached hydrogen (secondary N) is 1. The second-order valence-electron chi connectivity index (χ2n) is 4.14. The van der Waals surface area contributed by atoms with Crippen molar-refractivity contribution in [1.29, 1.82) is 0 Å². The van der Waals surface area contributed by atoms with E-state index in [0.29, 0.717) is 12.5 Å². The average molecular weight is 235 g/mol. The van der Waals surface area contributed by atoms with Gasteiger partial charge in [0.2, 0.25) is 0 Å². The smallest absolute Gasteiger partial charge is 0.147 e. The van der Waals surface area contributed by atoms with Gasteiger partial charge < -0.3 is 10.4 Å². The summed E-state index contributed by atoms with van der Waals surface area (Å²) in [4.78, 5) is 8.38. The zero-order valence-corrected chi connectivity index (χ0v) is 9.57. The molecule has 84 valence electrons. The third kappa shape index (κ3) is 1.88. The predicted octanol–water partition coefficient (Wildman–Crippen LogP) is 1.87. The van der Waals surface area contributed by atoms with E-state index in [-0.39, 0.29) is 6.10 Å². The van der Waals surface area contributed by atoms with Crippen LogP contribution in [-0.2, 0) is 0 Å². The Morgan fingerprint density at radius 2 is 2.38 bits per heavy atom. The number of aromatic nitrogens is 2. The van der Waals surface area contributed by atoms with Crippen molar-refractivity contribution in [2.75, 3.05) is 11.9 Å². The van der Waals surface area contributed by atoms with E-state index in [9.17, 15) is 5.11 Å². The van der Waals surface area contributed by atoms with Crippen molar-refractivity contribution in [3.05, 3.63) is 17.8 Å². The van der Waals surface area contributed by atoms with Gasteiger partial charge in [-0.25, -0.2) is 9.97 Å². The van der Waals surface area contributed by atoms with Crippen molar-refractivity contribution in [2.24, 2.45) is 5.92 Å². The molecule has 1 aliphatic carbocycles. The Bertz CT molecular complexity index is 495. The summed E-state index contributed by atoms with van der Waals surface area (Å²) in [5, 5.41) is 15.0. The lowest BCUT2D eigenvalue weighted by atomic mass is 10.2. The third-order valence-corrected chi connectivity index (χ3v) is 3.80. The zero-order chi connectivity index (χ0) is 11.0. The fourth-order valence-electron chi connectivity index (χ4n) is 1.76. The first-order valence-corrected chi connectivity index (χ1v) is 6.32. The van der Waals surface area contributed by atoms with Crippen molar-refractivity contribution in [3.63, 3.8) is 0 Å². The van der Waals surface area contributed by atoms with Gasteiger partial charge in [0.05, 0.1) is 16.3 Å². The Morgan fingerprint density at radius 1 is 1.50 bits per heavy atom. The molecule has 5 heteroatoms. The molecular weight excluding hydrogens is 222 g/mol. The van der Waals surface area contributed by atoms with Crippen molar-refractivity contribution < 1.29 is 5.11 Å². The van der Waals surface area contributed by atoms with Crippen molar-refractivity contribution in [2.45, 2.75) is 18.9 Å². The predicted molar refractivity (Wildman–Crippen MR) is 64.6 cm³/mol. The van der Waals surface area contributed by atoms with E-state index in [1.54, 1.807) is 17.7 Å². The number of nitrogens with zero attached hydrogens (tertiary/aromatic N) is 2. The van der Waals surface area contributed by atoms with E-state index < -0.39 is 0 Å². The number of thiophene rings is 1. The van der Waals surface area contributed by atoms with Crippen LogP contribution < -0.4 is 5.32 Å². The molecule has 2 heterocycles. The Kier molecular flexibility index (Phi) is 2.49. The largest absolute Gasteiger partial charge is 0.391 e. The summed E-state index contributed by atoms with van der Waals surface area (Å²) in [7, 11) is 0. The third-order valence-electron chi connectivity index (χ3n) is 2.89. The quantitative estimate of drug-likeness (QED) is 0.849. The second kappa shape index (κ2) is 3.99. The van der Waals surface area contributed by atoms with Gasteiger partial charge in [-0.2, -0.15) is 0 Å². The summed E-state index contributed by atoms with van der Waals surface area (Å²) < 4.78 is 1.06. The summed E-state index contributed by atoms with van der Waals surface area (Å²) in [6, 6.07) is 1.98. The number of rotatable bonds is 4. The van der Waals surface area contributed by atoms with Crippen molar-refractivity contribution >= 4 is 27.4 Å². The Hall–Kier alpha value is -1.20. The minimum Gasteiger partial charge on any atom is -0.391 e. The first-order chi connectivity index (χ1) is 7.84. The Labute approximate surface area is 97.4 Å². The van der Waals surface area contributed by atoms with Gasteiger partial charge in [0.1, 0.15) is 12.1 Å². The molecule has 0 amide bonds. The molecule has 0 radical (unpaired) electrons. The lowest BCUT2D eigenvalue weighted by molar-refractivity contribution is 0.164. The van der Waals surface area contributed by atoms with Gasteiger partial charge in [0.25, 0.3) is 0 Å². The van der Waals surface area contributed by atoms with Gasteiger partial charge in [0.15, 0.2) is 0 Å². The molecule has 1 unspecified atom stereocenters. The molecule has 1 fully saturated rings. The molecule has 4 nitrogen and oxygen atoms in total. The maximum absolute atomic E-state index is 9.77. The van der Waals surface area contributed by atoms with Crippen LogP contribution in [-0.4, -0.2) is 27.7 Å². The normalized spacial score (nSPS) is 17.6. The first kappa shape index (κ1) is 9.99. The molecule has 0 aliphatic heterocycles. The highest BCUT2D eigenvalue weighted by Crippen LogP contribution is 2.33. The summed E-state index contributed by atoms with van der Waals surface area (Å²) in [5.74, 6) is 1.33. The maximum Gasteiger partial charge on any atom is 0.147 e. The van der Waals surface area contributed by atoms with Crippen LogP contribution in [0.15, 0.2) is 17.8 Å². The monoisotopic (exact) mass is 235 g/mol. The molecule has 2 aromatic heterocycles. The number of aliphatic hydroxyl groups is 1. The summed E-state index contributed by atoms with van der Waals surface area (Å²) in [5.41, 5.74) is 0.961. The van der Waals surface area contributed by atoms with E-state index in [0.717, 1.165) is 28.9 Å². The van der Waals surface area contributed by atoms with Gasteiger partial charge in [-0.05, 0) is 30.2 Å². The SMILES string of the molecule is OC(CNc1ncnc2ccsc12)C1CC1. The van der Waals surface area contributed by atoms with Gasteiger partial charge in [0, 0.05) is 6.54 Å². The molecule has 16 heavy (non-hydrogen) atoms. The topological polar surface area (TPSA) is 58.0 Å². The van der Waals surface area contributed by atoms with E-state index in [1.165, 1.54) is 0 Å². The molecule has 2 N–H and O–H groups in total. The van der Waals surface area contributed by atoms with E-state index in [2.05, 4.69) is 15.3 Å². The van der Waals surface area contributed by atoms with Gasteiger partial charge in [-0.1, -0.05) is 0 Å². The number of hydrogen-bond donors (Lipinski definition) is 2. The number of anilines is 1. The highest BCUT2D eigenvalue weighted by molar-refractivity contribution is 7.17. The van der Waals surface area contributed by atoms with Crippen LogP contribution in [0.25, 0.3) is 10.2 Å². The van der Waals surface area contributed by atoms with Gasteiger partial charge in [-0.3, -0.25) is 0 Å². The van der Waals surface area contributed by atoms with Crippen LogP contribution in [0.5, 0.6) is 0 Å². The molecule has 3 rings (SSSR count). The molecule has 0 saturated heterocycles. The second-order valence-corrected chi connectivity index (χ2v) is 5.06. The van der Waals surface area contributed by atoms with E-state index in [1.807, 2.05) is 11.4 Å². The lowest BCUT2D eigenvalue weighted by Gasteiger charge is -2.11. The molecule has 0 bridgehead atoms. The summed E-state index contributed by atoms with van der Waals surface area (Å²) >= 11 is 1.62. The highest BCUT2D eigenvalue weighted by atomic mass is 32.1. The number of fused-ring (bicyclic) bond motifs is 1. The minimum atomic E-state index is -0.245. The lowest BCUT2D eigenvalue weighted by Crippen LogP contribution is -2.21. The van der Waals surface area contributed by atoms with E-state index in [4.69, 9.17) is 0 Å². The van der Waals surface area contributed by atoms with Crippen LogP contribution in [0.1, 0.15) is 12.8 Å². The van der Waals surface area contributed by atoms with Crippen LogP contribution in [0.4, 0.5) is 5.82 Å². The Balaban J connectivity index is 1.75. The molecule has 0 aromatic carbocycles. The average Bonchev–Trinajstić information content (AvgIpc) is 3.04. The molecule has 1 atom stereocenters.